The maximum Gasteiger partial charge on any atom is 0.217 e. The summed E-state index contributed by atoms with van der Waals surface area (Å²) < 4.78 is 9.06. The maximum atomic E-state index is 11.0. The first-order valence-electron chi connectivity index (χ1n) is 23.2. The minimum absolute atomic E-state index is 0. The first-order valence-corrected chi connectivity index (χ1v) is 24.1. The molecule has 18 nitrogen and oxygen atoms in total. The monoisotopic (exact) mass is 1970 g/mol. The van der Waals surface area contributed by atoms with Crippen molar-refractivity contribution in [3.05, 3.63) is 210 Å². The van der Waals surface area contributed by atoms with E-state index >= 15 is 0 Å². The molecule has 10 aromatic heterocycles. The molecule has 0 amide bonds. The molecule has 10 heterocycles. The molecule has 416 valence electrons. The van der Waals surface area contributed by atoms with Gasteiger partial charge in [0.2, 0.25) is 5.89 Å². The number of benzene rings is 5. The van der Waals surface area contributed by atoms with Crippen LogP contribution in [0.15, 0.2) is 209 Å². The summed E-state index contributed by atoms with van der Waals surface area (Å²) in [4.78, 5) is 71.4. The van der Waals surface area contributed by atoms with Gasteiger partial charge in [0.1, 0.15) is 17.9 Å². The van der Waals surface area contributed by atoms with Crippen molar-refractivity contribution in [3.63, 3.8) is 0 Å². The number of oxazole rings is 1. The molecular weight excluding hydrogens is 1940 g/mol. The predicted molar refractivity (Wildman–Crippen MR) is 288 cm³/mol. The van der Waals surface area contributed by atoms with E-state index in [1.807, 2.05) is 168 Å². The number of fused-ring (bicyclic) bond motifs is 5. The molecule has 15 aromatic rings. The molecule has 0 radical (unpaired) electrons. The number of aromatic nitrogens is 16. The van der Waals surface area contributed by atoms with Gasteiger partial charge in [-0.3, -0.25) is 9.78 Å². The number of thiazole rings is 1. The fourth-order valence-electron chi connectivity index (χ4n) is 7.68. The largest absolute Gasteiger partial charge is 0.662 e. The fraction of sp³-hybridized carbons (Fsp3) is 0.0357. The Balaban J connectivity index is 0.000000160. The molecule has 0 bridgehead atoms. The number of para-hydroxylation sites is 10. The summed E-state index contributed by atoms with van der Waals surface area (Å²) in [6.45, 7) is 0. The summed E-state index contributed by atoms with van der Waals surface area (Å²) in [6.07, 6.45) is 9.89. The minimum atomic E-state index is -0.0457. The Morgan fingerprint density at radius 1 is 0.475 bits per heavy atom. The molecule has 0 aliphatic rings. The maximum absolute atomic E-state index is 11.0. The van der Waals surface area contributed by atoms with Crippen LogP contribution in [-0.4, -0.2) is 54.0 Å². The molecule has 0 aliphatic carbocycles. The average Bonchev–Trinajstić information content (AvgIpc) is 4.34. The second-order valence-electron chi connectivity index (χ2n) is 16.3. The smallest absolute Gasteiger partial charge is 0.217 e. The molecular formula is C56H39N16O2Pt5S-5. The second kappa shape index (κ2) is 29.5. The van der Waals surface area contributed by atoms with Crippen LogP contribution in [0.4, 0.5) is 0 Å². The molecule has 0 atom stereocenters. The van der Waals surface area contributed by atoms with Crippen LogP contribution >= 0.6 is 11.3 Å². The van der Waals surface area contributed by atoms with Crippen molar-refractivity contribution in [1.82, 2.24) is 78.9 Å². The quantitative estimate of drug-likeness (QED) is 0.156. The summed E-state index contributed by atoms with van der Waals surface area (Å²) >= 11 is 1.55. The molecule has 24 heteroatoms. The molecule has 0 saturated carbocycles. The van der Waals surface area contributed by atoms with Gasteiger partial charge in [-0.25, -0.2) is 19.9 Å². The molecule has 5 aromatic carbocycles. The van der Waals surface area contributed by atoms with Crippen molar-refractivity contribution in [3.8, 4) is 57.9 Å². The van der Waals surface area contributed by atoms with Crippen LogP contribution in [0.2, 0.25) is 0 Å². The van der Waals surface area contributed by atoms with Crippen LogP contribution in [0.25, 0.3) is 113 Å². The van der Waals surface area contributed by atoms with Gasteiger partial charge in [-0.2, -0.15) is 6.20 Å². The summed E-state index contributed by atoms with van der Waals surface area (Å²) in [7, 11) is 3.93. The summed E-state index contributed by atoms with van der Waals surface area (Å²) in [5, 5.41) is 1.95. The first kappa shape index (κ1) is 62.2. The number of pyridine rings is 2. The van der Waals surface area contributed by atoms with Crippen molar-refractivity contribution in [2.24, 2.45) is 14.1 Å². The van der Waals surface area contributed by atoms with Crippen molar-refractivity contribution < 1.29 is 110 Å². The third kappa shape index (κ3) is 14.7. The third-order valence-corrected chi connectivity index (χ3v) is 11.9. The zero-order valence-electron chi connectivity index (χ0n) is 41.5. The molecule has 15 rings (SSSR count). The van der Waals surface area contributed by atoms with Gasteiger partial charge >= 0.3 is 0 Å². The van der Waals surface area contributed by atoms with Gasteiger partial charge < -0.3 is 58.4 Å². The SMILES string of the molecule is Cn1c(-c2nc3ccccc3[n-]2)nc2ccccc21.Cn1ccnc1-c1nc2ccccc2[n-]1.O=c1cc[n-]c(-c2ccccn2)c1.[Pt].[Pt].[Pt].[Pt].[Pt].c1ccc2[n-]c(-c3cscn3)nc2c1.c1ccc2[n-]c(-c3ncco3)nc2c1. The standard InChI is InChI=1S/C15H11N4.C11H9N4.C10H6N3O.C10H6N3S.C10H8N2O.5Pt/c1-19-13-9-5-4-8-12(13)18-15(19)14-16-10-6-2-3-7-11(10)17-14;1-15-7-6-12-11(15)10-13-8-4-2-3-5-9(8)14-10;1-2-4-8-7(3-1)12-9(13-8)10-11-5-6-14-10;1-2-4-8-7(3-1)12-10(13-8)9-5-14-6-11-9;13-8-4-6-12-10(7-8)9-3-1-2-5-11-9;;;;;/h2-9H,1H3;2-7H,1H3;2*1-6H;1-7H,(H,12,13);;;;;/q4*-1;;;;;;/p-1. The second-order valence-corrected chi connectivity index (χ2v) is 17.0. The number of hydrogen-bond acceptors (Lipinski definition) is 12. The van der Waals surface area contributed by atoms with E-state index in [0.717, 1.165) is 78.2 Å². The summed E-state index contributed by atoms with van der Waals surface area (Å²) in [5.41, 5.74) is 13.2. The molecule has 0 saturated heterocycles. The van der Waals surface area contributed by atoms with E-state index in [0.29, 0.717) is 34.9 Å². The van der Waals surface area contributed by atoms with Crippen LogP contribution < -0.4 is 30.3 Å². The number of rotatable bonds is 5. The van der Waals surface area contributed by atoms with Crippen molar-refractivity contribution in [2.45, 2.75) is 0 Å². The Bertz CT molecular complexity index is 4120. The van der Waals surface area contributed by atoms with E-state index in [4.69, 9.17) is 4.42 Å². The summed E-state index contributed by atoms with van der Waals surface area (Å²) in [5.74, 6) is 4.68. The number of nitrogens with zero attached hydrogens (tertiary/aromatic N) is 16. The third-order valence-electron chi connectivity index (χ3n) is 11.3. The Morgan fingerprint density at radius 3 is 1.50 bits per heavy atom. The van der Waals surface area contributed by atoms with Gasteiger partial charge in [0, 0.05) is 155 Å². The zero-order chi connectivity index (χ0) is 50.9. The molecule has 0 N–H and O–H groups in total. The molecule has 0 spiro atoms. The predicted octanol–water partition coefficient (Wildman–Crippen LogP) is 9.55. The number of aryl methyl sites for hydroxylation is 2. The van der Waals surface area contributed by atoms with E-state index in [1.165, 1.54) is 24.6 Å². The normalized spacial score (nSPS) is 10.2. The van der Waals surface area contributed by atoms with Gasteiger partial charge in [0.25, 0.3) is 0 Å². The Kier molecular flexibility index (Phi) is 22.9. The van der Waals surface area contributed by atoms with Crippen molar-refractivity contribution in [2.75, 3.05) is 0 Å². The molecule has 0 unspecified atom stereocenters. The van der Waals surface area contributed by atoms with Crippen LogP contribution in [0.1, 0.15) is 0 Å². The molecule has 0 fully saturated rings. The van der Waals surface area contributed by atoms with Crippen molar-refractivity contribution in [1.29, 1.82) is 0 Å². The minimum Gasteiger partial charge on any atom is -0.662 e. The average molecular weight is 1980 g/mol. The summed E-state index contributed by atoms with van der Waals surface area (Å²) in [6, 6.07) is 47.7. The van der Waals surface area contributed by atoms with Gasteiger partial charge in [0.05, 0.1) is 28.4 Å². The first-order chi connectivity index (χ1) is 36.9. The Morgan fingerprint density at radius 2 is 1.00 bits per heavy atom. The van der Waals surface area contributed by atoms with Crippen LogP contribution in [-0.2, 0) is 119 Å². The van der Waals surface area contributed by atoms with E-state index in [1.54, 1.807) is 35.4 Å². The van der Waals surface area contributed by atoms with Crippen LogP contribution in [0.3, 0.4) is 0 Å². The fourth-order valence-corrected chi connectivity index (χ4v) is 8.22. The number of imidazole rings is 6. The zero-order valence-corrected chi connectivity index (χ0v) is 53.7. The van der Waals surface area contributed by atoms with E-state index in [2.05, 4.69) is 75.8 Å². The molecule has 80 heavy (non-hydrogen) atoms. The van der Waals surface area contributed by atoms with Gasteiger partial charge in [-0.1, -0.05) is 115 Å². The van der Waals surface area contributed by atoms with Gasteiger partial charge in [0.15, 0.2) is 5.43 Å². The van der Waals surface area contributed by atoms with Crippen molar-refractivity contribution >= 4 is 66.5 Å². The van der Waals surface area contributed by atoms with Crippen LogP contribution in [0, 0.1) is 0 Å². The van der Waals surface area contributed by atoms with E-state index in [-0.39, 0.29) is 111 Å². The topological polar surface area (TPSA) is 227 Å². The number of hydrogen-bond donors (Lipinski definition) is 0. The molecule has 0 aliphatic heterocycles. The Labute approximate surface area is 532 Å². The van der Waals surface area contributed by atoms with Crippen LogP contribution in [0.5, 0.6) is 0 Å². The van der Waals surface area contributed by atoms with Gasteiger partial charge in [-0.15, -0.1) is 17.0 Å². The van der Waals surface area contributed by atoms with E-state index < -0.39 is 0 Å². The van der Waals surface area contributed by atoms with Gasteiger partial charge in [-0.05, 0) is 98.0 Å². The van der Waals surface area contributed by atoms with E-state index in [9.17, 15) is 4.79 Å². The Hall–Kier alpha value is -6.96.